The van der Waals surface area contributed by atoms with Crippen molar-refractivity contribution in [1.82, 2.24) is 4.90 Å². The molecule has 0 fully saturated rings. The third-order valence-electron chi connectivity index (χ3n) is 3.42. The Bertz CT molecular complexity index is 460. The Balaban J connectivity index is 2.93. The van der Waals surface area contributed by atoms with Gasteiger partial charge in [-0.05, 0) is 36.6 Å². The molecule has 4 nitrogen and oxygen atoms in total. The highest BCUT2D eigenvalue weighted by Gasteiger charge is 2.16. The molecule has 1 rings (SSSR count). The second-order valence-corrected chi connectivity index (χ2v) is 5.95. The van der Waals surface area contributed by atoms with E-state index >= 15 is 0 Å². The number of benzene rings is 1. The predicted molar refractivity (Wildman–Crippen MR) is 85.3 cm³/mol. The number of amides is 1. The summed E-state index contributed by atoms with van der Waals surface area (Å²) in [6, 6.07) is 5.26. The standard InChI is InChI=1S/C15H24ClN3O/c1-10(2)11(8-17)9-18-14-7-12(16)5-6-13(14)15(20)19(3)4/h5-7,10-11,18H,8-9,17H2,1-4H3. The van der Waals surface area contributed by atoms with E-state index in [1.165, 1.54) is 0 Å². The van der Waals surface area contributed by atoms with Crippen LogP contribution in [0.3, 0.4) is 0 Å². The highest BCUT2D eigenvalue weighted by Crippen LogP contribution is 2.23. The van der Waals surface area contributed by atoms with Crippen LogP contribution in [-0.4, -0.2) is 38.0 Å². The van der Waals surface area contributed by atoms with Gasteiger partial charge in [0.2, 0.25) is 0 Å². The van der Waals surface area contributed by atoms with E-state index in [0.717, 1.165) is 12.2 Å². The van der Waals surface area contributed by atoms with E-state index in [1.54, 1.807) is 37.2 Å². The normalized spacial score (nSPS) is 12.3. The number of hydrogen-bond donors (Lipinski definition) is 2. The molecular weight excluding hydrogens is 274 g/mol. The van der Waals surface area contributed by atoms with Crippen LogP contribution in [0.2, 0.25) is 5.02 Å². The lowest BCUT2D eigenvalue weighted by molar-refractivity contribution is 0.0828. The quantitative estimate of drug-likeness (QED) is 0.849. The Labute approximate surface area is 126 Å². The number of rotatable bonds is 6. The van der Waals surface area contributed by atoms with Gasteiger partial charge in [0.15, 0.2) is 0 Å². The summed E-state index contributed by atoms with van der Waals surface area (Å²) in [7, 11) is 3.47. The lowest BCUT2D eigenvalue weighted by Gasteiger charge is -2.22. The second kappa shape index (κ2) is 7.50. The molecule has 0 saturated heterocycles. The number of carbonyl (C=O) groups excluding carboxylic acids is 1. The Morgan fingerprint density at radius 3 is 2.55 bits per heavy atom. The smallest absolute Gasteiger partial charge is 0.255 e. The Morgan fingerprint density at radius 2 is 2.05 bits per heavy atom. The molecule has 112 valence electrons. The number of nitrogens with zero attached hydrogens (tertiary/aromatic N) is 1. The fourth-order valence-electron chi connectivity index (χ4n) is 1.92. The molecule has 0 bridgehead atoms. The summed E-state index contributed by atoms with van der Waals surface area (Å²) >= 11 is 6.02. The van der Waals surface area contributed by atoms with Crippen LogP contribution in [-0.2, 0) is 0 Å². The van der Waals surface area contributed by atoms with Gasteiger partial charge in [-0.15, -0.1) is 0 Å². The number of nitrogens with one attached hydrogen (secondary N) is 1. The van der Waals surface area contributed by atoms with Crippen LogP contribution < -0.4 is 11.1 Å². The number of hydrogen-bond acceptors (Lipinski definition) is 3. The third-order valence-corrected chi connectivity index (χ3v) is 3.65. The van der Waals surface area contributed by atoms with Crippen LogP contribution in [0.5, 0.6) is 0 Å². The van der Waals surface area contributed by atoms with Gasteiger partial charge in [-0.1, -0.05) is 25.4 Å². The van der Waals surface area contributed by atoms with Crippen molar-refractivity contribution < 1.29 is 4.79 Å². The Morgan fingerprint density at radius 1 is 1.40 bits per heavy atom. The molecule has 0 aliphatic carbocycles. The second-order valence-electron chi connectivity index (χ2n) is 5.51. The van der Waals surface area contributed by atoms with Crippen molar-refractivity contribution in [3.63, 3.8) is 0 Å². The maximum absolute atomic E-state index is 12.1. The molecule has 0 aliphatic heterocycles. The first-order valence-corrected chi connectivity index (χ1v) is 7.19. The summed E-state index contributed by atoms with van der Waals surface area (Å²) in [5.41, 5.74) is 7.16. The van der Waals surface area contributed by atoms with Crippen molar-refractivity contribution in [2.75, 3.05) is 32.5 Å². The van der Waals surface area contributed by atoms with Crippen molar-refractivity contribution in [1.29, 1.82) is 0 Å². The monoisotopic (exact) mass is 297 g/mol. The molecule has 20 heavy (non-hydrogen) atoms. The van der Waals surface area contributed by atoms with Crippen molar-refractivity contribution >= 4 is 23.2 Å². The molecule has 0 aliphatic rings. The number of carbonyl (C=O) groups is 1. The maximum Gasteiger partial charge on any atom is 0.255 e. The van der Waals surface area contributed by atoms with E-state index in [9.17, 15) is 4.79 Å². The highest BCUT2D eigenvalue weighted by atomic mass is 35.5. The van der Waals surface area contributed by atoms with Crippen LogP contribution in [0.15, 0.2) is 18.2 Å². The zero-order chi connectivity index (χ0) is 15.3. The van der Waals surface area contributed by atoms with Crippen LogP contribution >= 0.6 is 11.6 Å². The Hall–Kier alpha value is -1.26. The van der Waals surface area contributed by atoms with E-state index in [0.29, 0.717) is 29.0 Å². The van der Waals surface area contributed by atoms with E-state index in [2.05, 4.69) is 19.2 Å². The molecule has 1 aromatic carbocycles. The summed E-state index contributed by atoms with van der Waals surface area (Å²) in [6.45, 7) is 5.62. The zero-order valence-electron chi connectivity index (χ0n) is 12.6. The van der Waals surface area contributed by atoms with Gasteiger partial charge in [0.1, 0.15) is 0 Å². The van der Waals surface area contributed by atoms with Crippen molar-refractivity contribution in [3.8, 4) is 0 Å². The summed E-state index contributed by atoms with van der Waals surface area (Å²) in [5, 5.41) is 3.92. The van der Waals surface area contributed by atoms with E-state index in [1.807, 2.05) is 0 Å². The van der Waals surface area contributed by atoms with Gasteiger partial charge in [0, 0.05) is 31.4 Å². The Kier molecular flexibility index (Phi) is 6.30. The SMILES string of the molecule is CC(C)C(CN)CNc1cc(Cl)ccc1C(=O)N(C)C. The number of halogens is 1. The highest BCUT2D eigenvalue weighted by molar-refractivity contribution is 6.31. The van der Waals surface area contributed by atoms with Gasteiger partial charge in [-0.25, -0.2) is 0 Å². The largest absolute Gasteiger partial charge is 0.384 e. The summed E-state index contributed by atoms with van der Waals surface area (Å²) in [4.78, 5) is 13.7. The van der Waals surface area contributed by atoms with Gasteiger partial charge in [0.25, 0.3) is 5.91 Å². The minimum atomic E-state index is -0.0435. The fraction of sp³-hybridized carbons (Fsp3) is 0.533. The van der Waals surface area contributed by atoms with Crippen LogP contribution in [0, 0.1) is 11.8 Å². The molecule has 5 heteroatoms. The summed E-state index contributed by atoms with van der Waals surface area (Å²) in [6.07, 6.45) is 0. The molecule has 0 spiro atoms. The van der Waals surface area contributed by atoms with Gasteiger partial charge >= 0.3 is 0 Å². The average Bonchev–Trinajstić information content (AvgIpc) is 2.38. The van der Waals surface area contributed by atoms with E-state index in [4.69, 9.17) is 17.3 Å². The first-order valence-electron chi connectivity index (χ1n) is 6.82. The maximum atomic E-state index is 12.1. The summed E-state index contributed by atoms with van der Waals surface area (Å²) in [5.74, 6) is 0.800. The van der Waals surface area contributed by atoms with Crippen LogP contribution in [0.4, 0.5) is 5.69 Å². The van der Waals surface area contributed by atoms with Crippen LogP contribution in [0.25, 0.3) is 0 Å². The molecule has 3 N–H and O–H groups in total. The molecular formula is C15H24ClN3O. The average molecular weight is 298 g/mol. The topological polar surface area (TPSA) is 58.4 Å². The van der Waals surface area contributed by atoms with Crippen molar-refractivity contribution in [3.05, 3.63) is 28.8 Å². The molecule has 0 heterocycles. The summed E-state index contributed by atoms with van der Waals surface area (Å²) < 4.78 is 0. The number of nitrogens with two attached hydrogens (primary N) is 1. The van der Waals surface area contributed by atoms with E-state index < -0.39 is 0 Å². The van der Waals surface area contributed by atoms with Crippen LogP contribution in [0.1, 0.15) is 24.2 Å². The first kappa shape index (κ1) is 16.8. The first-order chi connectivity index (χ1) is 9.36. The number of anilines is 1. The van der Waals surface area contributed by atoms with E-state index in [-0.39, 0.29) is 5.91 Å². The molecule has 1 aromatic rings. The molecule has 1 unspecified atom stereocenters. The van der Waals surface area contributed by atoms with Gasteiger partial charge in [0.05, 0.1) is 5.56 Å². The molecule has 0 radical (unpaired) electrons. The lowest BCUT2D eigenvalue weighted by Crippen LogP contribution is -2.28. The minimum absolute atomic E-state index is 0.0435. The van der Waals surface area contributed by atoms with Gasteiger partial charge in [-0.2, -0.15) is 0 Å². The molecule has 0 aromatic heterocycles. The predicted octanol–water partition coefficient (Wildman–Crippen LogP) is 2.68. The minimum Gasteiger partial charge on any atom is -0.384 e. The molecule has 1 atom stereocenters. The molecule has 1 amide bonds. The fourth-order valence-corrected chi connectivity index (χ4v) is 2.09. The zero-order valence-corrected chi connectivity index (χ0v) is 13.4. The molecule has 0 saturated carbocycles. The van der Waals surface area contributed by atoms with Gasteiger partial charge < -0.3 is 16.0 Å². The lowest BCUT2D eigenvalue weighted by atomic mass is 9.96. The van der Waals surface area contributed by atoms with Crippen molar-refractivity contribution in [2.24, 2.45) is 17.6 Å². The van der Waals surface area contributed by atoms with Crippen molar-refractivity contribution in [2.45, 2.75) is 13.8 Å². The third kappa shape index (κ3) is 4.39. The van der Waals surface area contributed by atoms with Gasteiger partial charge in [-0.3, -0.25) is 4.79 Å².